The van der Waals surface area contributed by atoms with Crippen LogP contribution in [0.25, 0.3) is 0 Å². The Labute approximate surface area is 132 Å². The number of hydrogen-bond acceptors (Lipinski definition) is 4. The summed E-state index contributed by atoms with van der Waals surface area (Å²) in [6.45, 7) is 14.5. The van der Waals surface area contributed by atoms with Crippen molar-refractivity contribution in [2.75, 3.05) is 60.0 Å². The van der Waals surface area contributed by atoms with Crippen molar-refractivity contribution in [3.8, 4) is 0 Å². The van der Waals surface area contributed by atoms with E-state index in [-0.39, 0.29) is 0 Å². The molecule has 0 atom stereocenters. The van der Waals surface area contributed by atoms with Gasteiger partial charge in [0.2, 0.25) is 0 Å². The van der Waals surface area contributed by atoms with E-state index in [2.05, 4.69) is 50.0 Å². The van der Waals surface area contributed by atoms with E-state index in [0.29, 0.717) is 11.5 Å². The van der Waals surface area contributed by atoms with Crippen molar-refractivity contribution in [3.05, 3.63) is 0 Å². The maximum atomic E-state index is 5.61. The minimum Gasteiger partial charge on any atom is -0.381 e. The lowest BCUT2D eigenvalue weighted by molar-refractivity contribution is -0.00484. The van der Waals surface area contributed by atoms with E-state index >= 15 is 0 Å². The van der Waals surface area contributed by atoms with Crippen LogP contribution in [0.4, 0.5) is 0 Å². The van der Waals surface area contributed by atoms with E-state index in [1.165, 1.54) is 38.9 Å². The summed E-state index contributed by atoms with van der Waals surface area (Å²) in [5.41, 5.74) is 0.399. The standard InChI is InChI=1S/C17H37N3O/c1-6-20(11-7-10-19(4)5)15-17(14-18-16(2)3)8-12-21-13-9-17/h16,18H,6-15H2,1-5H3. The fourth-order valence-corrected chi connectivity index (χ4v) is 3.05. The summed E-state index contributed by atoms with van der Waals surface area (Å²) in [6, 6.07) is 0.563. The first-order chi connectivity index (χ1) is 9.97. The predicted molar refractivity (Wildman–Crippen MR) is 90.9 cm³/mol. The van der Waals surface area contributed by atoms with E-state index in [4.69, 9.17) is 4.74 Å². The molecule has 4 heteroatoms. The fraction of sp³-hybridized carbons (Fsp3) is 1.00. The molecule has 1 fully saturated rings. The molecule has 4 nitrogen and oxygen atoms in total. The first-order valence-electron chi connectivity index (χ1n) is 8.65. The molecular weight excluding hydrogens is 262 g/mol. The maximum absolute atomic E-state index is 5.61. The summed E-state index contributed by atoms with van der Waals surface area (Å²) in [4.78, 5) is 4.91. The Morgan fingerprint density at radius 2 is 1.81 bits per heavy atom. The van der Waals surface area contributed by atoms with E-state index in [1.54, 1.807) is 0 Å². The third kappa shape index (κ3) is 7.59. The first-order valence-corrected chi connectivity index (χ1v) is 8.65. The number of hydrogen-bond donors (Lipinski definition) is 1. The number of ether oxygens (including phenoxy) is 1. The molecule has 1 saturated heterocycles. The molecule has 0 unspecified atom stereocenters. The topological polar surface area (TPSA) is 27.7 Å². The Morgan fingerprint density at radius 3 is 2.33 bits per heavy atom. The smallest absolute Gasteiger partial charge is 0.0472 e. The number of nitrogens with one attached hydrogen (secondary N) is 1. The van der Waals surface area contributed by atoms with Gasteiger partial charge in [0, 0.05) is 32.3 Å². The van der Waals surface area contributed by atoms with Gasteiger partial charge in [0.1, 0.15) is 0 Å². The van der Waals surface area contributed by atoms with Crippen molar-refractivity contribution in [1.29, 1.82) is 0 Å². The minimum atomic E-state index is 0.399. The molecule has 1 N–H and O–H groups in total. The lowest BCUT2D eigenvalue weighted by atomic mass is 9.79. The van der Waals surface area contributed by atoms with Gasteiger partial charge in [0.15, 0.2) is 0 Å². The molecule has 0 amide bonds. The van der Waals surface area contributed by atoms with Crippen LogP contribution in [0.2, 0.25) is 0 Å². The largest absolute Gasteiger partial charge is 0.381 e. The highest BCUT2D eigenvalue weighted by molar-refractivity contribution is 4.87. The quantitative estimate of drug-likeness (QED) is 0.668. The zero-order valence-corrected chi connectivity index (χ0v) is 15.0. The van der Waals surface area contributed by atoms with Crippen LogP contribution in [0.5, 0.6) is 0 Å². The molecule has 0 aromatic rings. The Bertz CT molecular complexity index is 263. The molecule has 1 aliphatic rings. The predicted octanol–water partition coefficient (Wildman–Crippen LogP) is 2.05. The fourth-order valence-electron chi connectivity index (χ4n) is 3.05. The van der Waals surface area contributed by atoms with Crippen molar-refractivity contribution in [2.24, 2.45) is 5.41 Å². The molecule has 0 radical (unpaired) electrons. The molecule has 0 bridgehead atoms. The van der Waals surface area contributed by atoms with Gasteiger partial charge < -0.3 is 19.9 Å². The summed E-state index contributed by atoms with van der Waals surface area (Å²) in [6.07, 6.45) is 3.64. The molecule has 0 saturated carbocycles. The molecule has 0 spiro atoms. The van der Waals surface area contributed by atoms with Gasteiger partial charge in [0.05, 0.1) is 0 Å². The third-order valence-electron chi connectivity index (χ3n) is 4.52. The SMILES string of the molecule is CCN(CCCN(C)C)CC1(CNC(C)C)CCOCC1. The van der Waals surface area contributed by atoms with Crippen molar-refractivity contribution >= 4 is 0 Å². The molecular formula is C17H37N3O. The Balaban J connectivity index is 2.51. The maximum Gasteiger partial charge on any atom is 0.0472 e. The molecule has 21 heavy (non-hydrogen) atoms. The Morgan fingerprint density at radius 1 is 1.14 bits per heavy atom. The number of rotatable bonds is 10. The zero-order valence-electron chi connectivity index (χ0n) is 15.0. The second kappa shape index (κ2) is 9.78. The van der Waals surface area contributed by atoms with Gasteiger partial charge in [-0.2, -0.15) is 0 Å². The van der Waals surface area contributed by atoms with Gasteiger partial charge in [-0.25, -0.2) is 0 Å². The van der Waals surface area contributed by atoms with Crippen LogP contribution in [-0.2, 0) is 4.74 Å². The normalized spacial score (nSPS) is 18.9. The molecule has 0 aromatic carbocycles. The van der Waals surface area contributed by atoms with Crippen molar-refractivity contribution in [3.63, 3.8) is 0 Å². The van der Waals surface area contributed by atoms with Gasteiger partial charge in [-0.1, -0.05) is 20.8 Å². The van der Waals surface area contributed by atoms with Crippen molar-refractivity contribution in [1.82, 2.24) is 15.1 Å². The Hall–Kier alpha value is -0.160. The summed E-state index contributed by atoms with van der Waals surface area (Å²) < 4.78 is 5.61. The first kappa shape index (κ1) is 18.9. The van der Waals surface area contributed by atoms with Crippen LogP contribution in [0.3, 0.4) is 0 Å². The van der Waals surface area contributed by atoms with Gasteiger partial charge in [-0.05, 0) is 58.4 Å². The van der Waals surface area contributed by atoms with Gasteiger partial charge in [-0.3, -0.25) is 0 Å². The second-order valence-corrected chi connectivity index (χ2v) is 7.17. The van der Waals surface area contributed by atoms with Crippen LogP contribution in [-0.4, -0.2) is 75.9 Å². The van der Waals surface area contributed by atoms with E-state index in [9.17, 15) is 0 Å². The monoisotopic (exact) mass is 299 g/mol. The Kier molecular flexibility index (Phi) is 8.79. The molecule has 0 aromatic heterocycles. The third-order valence-corrected chi connectivity index (χ3v) is 4.52. The van der Waals surface area contributed by atoms with Gasteiger partial charge >= 0.3 is 0 Å². The van der Waals surface area contributed by atoms with Crippen LogP contribution in [0, 0.1) is 5.41 Å². The highest BCUT2D eigenvalue weighted by Crippen LogP contribution is 2.31. The van der Waals surface area contributed by atoms with Gasteiger partial charge in [0.25, 0.3) is 0 Å². The highest BCUT2D eigenvalue weighted by Gasteiger charge is 2.34. The molecule has 1 aliphatic heterocycles. The van der Waals surface area contributed by atoms with Crippen LogP contribution < -0.4 is 5.32 Å². The summed E-state index contributed by atoms with van der Waals surface area (Å²) in [7, 11) is 4.31. The van der Waals surface area contributed by atoms with Gasteiger partial charge in [-0.15, -0.1) is 0 Å². The lowest BCUT2D eigenvalue weighted by Crippen LogP contribution is -2.49. The average molecular weight is 300 g/mol. The highest BCUT2D eigenvalue weighted by atomic mass is 16.5. The van der Waals surface area contributed by atoms with E-state index < -0.39 is 0 Å². The van der Waals surface area contributed by atoms with Crippen LogP contribution in [0.1, 0.15) is 40.0 Å². The summed E-state index contributed by atoms with van der Waals surface area (Å²) in [5, 5.41) is 3.67. The van der Waals surface area contributed by atoms with Crippen LogP contribution >= 0.6 is 0 Å². The molecule has 1 rings (SSSR count). The number of nitrogens with zero attached hydrogens (tertiary/aromatic N) is 2. The summed E-state index contributed by atoms with van der Waals surface area (Å²) in [5.74, 6) is 0. The van der Waals surface area contributed by atoms with Crippen molar-refractivity contribution in [2.45, 2.75) is 46.1 Å². The second-order valence-electron chi connectivity index (χ2n) is 7.17. The van der Waals surface area contributed by atoms with Crippen LogP contribution in [0.15, 0.2) is 0 Å². The summed E-state index contributed by atoms with van der Waals surface area (Å²) >= 11 is 0. The lowest BCUT2D eigenvalue weighted by Gasteiger charge is -2.41. The average Bonchev–Trinajstić information content (AvgIpc) is 2.45. The minimum absolute atomic E-state index is 0.399. The molecule has 126 valence electrons. The molecule has 0 aliphatic carbocycles. The molecule has 1 heterocycles. The zero-order chi connectivity index (χ0) is 15.7. The van der Waals surface area contributed by atoms with E-state index in [1.807, 2.05) is 0 Å². The van der Waals surface area contributed by atoms with Crippen molar-refractivity contribution < 1.29 is 4.74 Å². The van der Waals surface area contributed by atoms with E-state index in [0.717, 1.165) is 26.3 Å².